The van der Waals surface area contributed by atoms with E-state index in [1.54, 1.807) is 0 Å². The highest BCUT2D eigenvalue weighted by Crippen LogP contribution is 2.31. The van der Waals surface area contributed by atoms with Crippen LogP contribution < -0.4 is 16.4 Å². The van der Waals surface area contributed by atoms with Crippen molar-refractivity contribution in [2.75, 3.05) is 11.1 Å². The second-order valence-corrected chi connectivity index (χ2v) is 7.30. The van der Waals surface area contributed by atoms with E-state index in [-0.39, 0.29) is 22.8 Å². The minimum Gasteiger partial charge on any atom is -0.465 e. The second-order valence-electron chi connectivity index (χ2n) is 6.30. The molecule has 1 fully saturated rings. The second kappa shape index (κ2) is 7.87. The number of benzene rings is 1. The van der Waals surface area contributed by atoms with Crippen molar-refractivity contribution in [1.82, 2.24) is 10.3 Å². The van der Waals surface area contributed by atoms with Gasteiger partial charge < -0.3 is 21.5 Å². The standard InChI is InChI=1S/C17H18F2N4O3S/c18-10-2-1-3-11(19)12(10)13(24)14-15(20)23-16(27-14)21-8-4-6-9(7-5-8)22-17(25)26/h1-3,8-9,22H,4-7,20H2,(H,21,23)(H,25,26). The molecule has 0 atom stereocenters. The van der Waals surface area contributed by atoms with E-state index >= 15 is 0 Å². The van der Waals surface area contributed by atoms with Crippen LogP contribution in [0.4, 0.5) is 24.5 Å². The summed E-state index contributed by atoms with van der Waals surface area (Å²) in [6, 6.07) is 3.17. The molecule has 0 radical (unpaired) electrons. The molecule has 0 unspecified atom stereocenters. The largest absolute Gasteiger partial charge is 0.465 e. The van der Waals surface area contributed by atoms with E-state index in [1.165, 1.54) is 6.07 Å². The Morgan fingerprint density at radius 1 is 1.15 bits per heavy atom. The summed E-state index contributed by atoms with van der Waals surface area (Å²) in [5, 5.41) is 14.8. The Bertz CT molecular complexity index is 846. The van der Waals surface area contributed by atoms with Gasteiger partial charge in [0.05, 0.1) is 5.56 Å². The van der Waals surface area contributed by atoms with E-state index < -0.39 is 29.1 Å². The molecule has 2 aromatic rings. The van der Waals surface area contributed by atoms with Crippen LogP contribution in [-0.2, 0) is 0 Å². The summed E-state index contributed by atoms with van der Waals surface area (Å²) in [7, 11) is 0. The van der Waals surface area contributed by atoms with Crippen LogP contribution in [0.3, 0.4) is 0 Å². The number of carbonyl (C=O) groups is 2. The van der Waals surface area contributed by atoms with Gasteiger partial charge >= 0.3 is 6.09 Å². The third-order valence-corrected chi connectivity index (χ3v) is 5.43. The predicted molar refractivity (Wildman–Crippen MR) is 97.1 cm³/mol. The molecule has 10 heteroatoms. The summed E-state index contributed by atoms with van der Waals surface area (Å²) in [6.07, 6.45) is 1.75. The van der Waals surface area contributed by atoms with Crippen molar-refractivity contribution in [1.29, 1.82) is 0 Å². The van der Waals surface area contributed by atoms with Crippen LogP contribution >= 0.6 is 11.3 Å². The molecule has 0 aliphatic heterocycles. The third kappa shape index (κ3) is 4.33. The van der Waals surface area contributed by atoms with Gasteiger partial charge in [-0.1, -0.05) is 17.4 Å². The molecule has 1 aliphatic carbocycles. The number of aromatic nitrogens is 1. The first-order valence-corrected chi connectivity index (χ1v) is 9.17. The topological polar surface area (TPSA) is 117 Å². The van der Waals surface area contributed by atoms with Crippen LogP contribution in [0.5, 0.6) is 0 Å². The minimum atomic E-state index is -1.04. The lowest BCUT2D eigenvalue weighted by Gasteiger charge is -2.28. The molecule has 3 rings (SSSR count). The number of thiazole rings is 1. The third-order valence-electron chi connectivity index (χ3n) is 4.43. The number of ketones is 1. The van der Waals surface area contributed by atoms with Crippen LogP contribution in [0.15, 0.2) is 18.2 Å². The van der Waals surface area contributed by atoms with Crippen LogP contribution in [0, 0.1) is 11.6 Å². The first-order chi connectivity index (χ1) is 12.8. The maximum absolute atomic E-state index is 13.8. The Kier molecular flexibility index (Phi) is 5.54. The number of rotatable bonds is 5. The number of hydrogen-bond donors (Lipinski definition) is 4. The number of nitrogens with two attached hydrogens (primary N) is 1. The minimum absolute atomic E-state index is 0.0253. The maximum atomic E-state index is 13.8. The molecule has 1 saturated carbocycles. The average Bonchev–Trinajstić information content (AvgIpc) is 2.96. The van der Waals surface area contributed by atoms with Crippen molar-refractivity contribution in [3.63, 3.8) is 0 Å². The number of nitrogens with one attached hydrogen (secondary N) is 2. The van der Waals surface area contributed by atoms with Gasteiger partial charge in [0.25, 0.3) is 0 Å². The van der Waals surface area contributed by atoms with Crippen molar-refractivity contribution >= 4 is 34.2 Å². The van der Waals surface area contributed by atoms with Crippen molar-refractivity contribution in [3.8, 4) is 0 Å². The highest BCUT2D eigenvalue weighted by atomic mass is 32.1. The first kappa shape index (κ1) is 19.0. The number of halogens is 2. The number of nitrogens with zero attached hydrogens (tertiary/aromatic N) is 1. The van der Waals surface area contributed by atoms with Crippen molar-refractivity contribution < 1.29 is 23.5 Å². The summed E-state index contributed by atoms with van der Waals surface area (Å²) >= 11 is 0.945. The van der Waals surface area contributed by atoms with Crippen molar-refractivity contribution in [3.05, 3.63) is 40.3 Å². The molecule has 7 nitrogen and oxygen atoms in total. The van der Waals surface area contributed by atoms with Crippen LogP contribution in [0.1, 0.15) is 40.9 Å². The van der Waals surface area contributed by atoms with Crippen LogP contribution in [0.25, 0.3) is 0 Å². The Morgan fingerprint density at radius 3 is 2.33 bits per heavy atom. The lowest BCUT2D eigenvalue weighted by Crippen LogP contribution is -2.39. The summed E-state index contributed by atoms with van der Waals surface area (Å²) < 4.78 is 27.7. The van der Waals surface area contributed by atoms with Gasteiger partial charge in [0.1, 0.15) is 22.3 Å². The molecule has 0 spiro atoms. The average molecular weight is 396 g/mol. The molecule has 1 aromatic carbocycles. The normalized spacial score (nSPS) is 19.5. The molecule has 1 amide bonds. The van der Waals surface area contributed by atoms with Crippen LogP contribution in [-0.4, -0.2) is 34.1 Å². The molecule has 1 aliphatic rings. The molecule has 1 heterocycles. The Morgan fingerprint density at radius 2 is 1.74 bits per heavy atom. The monoisotopic (exact) mass is 396 g/mol. The van der Waals surface area contributed by atoms with Gasteiger partial charge in [-0.15, -0.1) is 0 Å². The highest BCUT2D eigenvalue weighted by molar-refractivity contribution is 7.18. The highest BCUT2D eigenvalue weighted by Gasteiger charge is 2.26. The summed E-state index contributed by atoms with van der Waals surface area (Å²) in [6.45, 7) is 0. The summed E-state index contributed by atoms with van der Waals surface area (Å²) in [4.78, 5) is 27.2. The van der Waals surface area contributed by atoms with Gasteiger partial charge in [-0.3, -0.25) is 4.79 Å². The molecular weight excluding hydrogens is 378 g/mol. The number of carboxylic acid groups (broad SMARTS) is 1. The number of amides is 1. The van der Waals surface area contributed by atoms with E-state index in [2.05, 4.69) is 15.6 Å². The summed E-state index contributed by atoms with van der Waals surface area (Å²) in [5.41, 5.74) is 5.13. The zero-order valence-electron chi connectivity index (χ0n) is 14.2. The molecular formula is C17H18F2N4O3S. The zero-order valence-corrected chi connectivity index (χ0v) is 15.0. The van der Waals surface area contributed by atoms with Gasteiger partial charge in [0.2, 0.25) is 5.78 Å². The SMILES string of the molecule is Nc1nc(NC2CCC(NC(=O)O)CC2)sc1C(=O)c1c(F)cccc1F. The molecule has 0 bridgehead atoms. The molecule has 144 valence electrons. The lowest BCUT2D eigenvalue weighted by atomic mass is 9.91. The van der Waals surface area contributed by atoms with Crippen LogP contribution in [0.2, 0.25) is 0 Å². The summed E-state index contributed by atoms with van der Waals surface area (Å²) in [5.74, 6) is -2.84. The predicted octanol–water partition coefficient (Wildman–Crippen LogP) is 3.23. The molecule has 1 aromatic heterocycles. The maximum Gasteiger partial charge on any atom is 0.404 e. The van der Waals surface area contributed by atoms with Crippen molar-refractivity contribution in [2.24, 2.45) is 0 Å². The van der Waals surface area contributed by atoms with E-state index in [0.717, 1.165) is 36.3 Å². The first-order valence-electron chi connectivity index (χ1n) is 8.36. The Balaban J connectivity index is 1.69. The zero-order chi connectivity index (χ0) is 19.6. The number of anilines is 2. The fraction of sp³-hybridized carbons (Fsp3) is 0.353. The van der Waals surface area contributed by atoms with E-state index in [9.17, 15) is 18.4 Å². The fourth-order valence-electron chi connectivity index (χ4n) is 3.12. The molecule has 0 saturated heterocycles. The van der Waals surface area contributed by atoms with E-state index in [1.807, 2.05) is 0 Å². The lowest BCUT2D eigenvalue weighted by molar-refractivity contribution is 0.103. The van der Waals surface area contributed by atoms with Gasteiger partial charge in [-0.2, -0.15) is 0 Å². The molecule has 5 N–H and O–H groups in total. The number of carbonyl (C=O) groups excluding carboxylic acids is 1. The number of hydrogen-bond acceptors (Lipinski definition) is 6. The quantitative estimate of drug-likeness (QED) is 0.577. The smallest absolute Gasteiger partial charge is 0.404 e. The van der Waals surface area contributed by atoms with E-state index in [0.29, 0.717) is 18.0 Å². The van der Waals surface area contributed by atoms with Gasteiger partial charge in [-0.25, -0.2) is 18.6 Å². The Labute approximate surface area is 157 Å². The fourth-order valence-corrected chi connectivity index (χ4v) is 4.02. The van der Waals surface area contributed by atoms with Gasteiger partial charge in [0, 0.05) is 12.1 Å². The number of nitrogen functional groups attached to an aromatic ring is 1. The molecule has 27 heavy (non-hydrogen) atoms. The van der Waals surface area contributed by atoms with Gasteiger partial charge in [0.15, 0.2) is 5.13 Å². The van der Waals surface area contributed by atoms with Gasteiger partial charge in [-0.05, 0) is 37.8 Å². The Hall–Kier alpha value is -2.75. The van der Waals surface area contributed by atoms with Crippen molar-refractivity contribution in [2.45, 2.75) is 37.8 Å². The van der Waals surface area contributed by atoms with E-state index in [4.69, 9.17) is 10.8 Å².